The lowest BCUT2D eigenvalue weighted by Gasteiger charge is -2.31. The van der Waals surface area contributed by atoms with Gasteiger partial charge in [-0.05, 0) is 44.2 Å². The number of amides is 1. The zero-order valence-electron chi connectivity index (χ0n) is 16.0. The van der Waals surface area contributed by atoms with Gasteiger partial charge in [-0.15, -0.1) is 0 Å². The molecular weight excluding hydrogens is 338 g/mol. The van der Waals surface area contributed by atoms with Gasteiger partial charge in [0.15, 0.2) is 0 Å². The van der Waals surface area contributed by atoms with Crippen LogP contribution < -0.4 is 11.1 Å². The van der Waals surface area contributed by atoms with Crippen LogP contribution in [0.15, 0.2) is 42.7 Å². The fraction of sp³-hybridized carbons (Fsp3) is 0.381. The molecule has 6 nitrogen and oxygen atoms in total. The summed E-state index contributed by atoms with van der Waals surface area (Å²) in [6.45, 7) is 6.33. The first-order chi connectivity index (χ1) is 13.1. The molecule has 0 unspecified atom stereocenters. The van der Waals surface area contributed by atoms with Crippen molar-refractivity contribution in [2.45, 2.75) is 26.7 Å². The summed E-state index contributed by atoms with van der Waals surface area (Å²) >= 11 is 0. The summed E-state index contributed by atoms with van der Waals surface area (Å²) in [6.07, 6.45) is 6.89. The molecule has 1 aliphatic rings. The molecule has 27 heavy (non-hydrogen) atoms. The number of benzene rings is 1. The number of carbonyl (C=O) groups excluding carboxylic acids is 1. The number of piperidine rings is 1. The fourth-order valence-electron chi connectivity index (χ4n) is 3.38. The average molecular weight is 365 g/mol. The molecule has 1 aliphatic heterocycles. The lowest BCUT2D eigenvalue weighted by molar-refractivity contribution is -0.127. The summed E-state index contributed by atoms with van der Waals surface area (Å²) in [6, 6.07) is 8.20. The van der Waals surface area contributed by atoms with E-state index >= 15 is 0 Å². The summed E-state index contributed by atoms with van der Waals surface area (Å²) < 4.78 is 0. The van der Waals surface area contributed by atoms with Crippen molar-refractivity contribution in [3.63, 3.8) is 0 Å². The topological polar surface area (TPSA) is 84.1 Å². The maximum atomic E-state index is 11.9. The molecule has 2 aromatic rings. The molecular formula is C21H27N5O. The Morgan fingerprint density at radius 1 is 1.26 bits per heavy atom. The third kappa shape index (κ3) is 4.64. The average Bonchev–Trinajstić information content (AvgIpc) is 2.68. The van der Waals surface area contributed by atoms with Crippen molar-refractivity contribution in [2.75, 3.05) is 30.7 Å². The minimum atomic E-state index is 0.106. The minimum absolute atomic E-state index is 0.106. The third-order valence-electron chi connectivity index (χ3n) is 5.01. The van der Waals surface area contributed by atoms with Crippen LogP contribution >= 0.6 is 0 Å². The number of nitrogens with one attached hydrogen (secondary N) is 1. The van der Waals surface area contributed by atoms with Gasteiger partial charge in [-0.1, -0.05) is 35.9 Å². The first-order valence-corrected chi connectivity index (χ1v) is 9.41. The molecule has 1 aromatic carbocycles. The van der Waals surface area contributed by atoms with Gasteiger partial charge >= 0.3 is 0 Å². The Kier molecular flexibility index (Phi) is 6.06. The maximum Gasteiger partial charge on any atom is 0.246 e. The van der Waals surface area contributed by atoms with Crippen LogP contribution in [-0.2, 0) is 4.79 Å². The van der Waals surface area contributed by atoms with Gasteiger partial charge in [0, 0.05) is 19.6 Å². The van der Waals surface area contributed by atoms with Gasteiger partial charge in [-0.3, -0.25) is 4.79 Å². The number of nitrogens with two attached hydrogens (primary N) is 1. The Morgan fingerprint density at radius 2 is 1.96 bits per heavy atom. The van der Waals surface area contributed by atoms with Crippen molar-refractivity contribution in [2.24, 2.45) is 5.92 Å². The molecule has 6 heteroatoms. The van der Waals surface area contributed by atoms with Crippen LogP contribution in [0.2, 0.25) is 0 Å². The van der Waals surface area contributed by atoms with Gasteiger partial charge in [0.1, 0.15) is 18.0 Å². The fourth-order valence-corrected chi connectivity index (χ4v) is 3.38. The highest BCUT2D eigenvalue weighted by Crippen LogP contribution is 2.31. The highest BCUT2D eigenvalue weighted by Gasteiger charge is 2.22. The number of anilines is 2. The van der Waals surface area contributed by atoms with E-state index in [1.54, 1.807) is 12.2 Å². The van der Waals surface area contributed by atoms with Gasteiger partial charge in [-0.25, -0.2) is 9.97 Å². The lowest BCUT2D eigenvalue weighted by Crippen LogP contribution is -2.39. The standard InChI is InChI=1S/C21H27N5O/c1-3-4-18(27)26-11-9-16(10-12-26)13-23-21-19(20(22)24-14-25-21)17-7-5-15(2)6-8-17/h3-8,14,16H,9-13H2,1-2H3,(H3,22,23,24,25). The van der Waals surface area contributed by atoms with Crippen molar-refractivity contribution in [3.8, 4) is 11.1 Å². The summed E-state index contributed by atoms with van der Waals surface area (Å²) in [7, 11) is 0. The number of nitrogen functional groups attached to an aromatic ring is 1. The lowest BCUT2D eigenvalue weighted by atomic mass is 9.96. The Hall–Kier alpha value is -2.89. The second-order valence-corrected chi connectivity index (χ2v) is 7.00. The first kappa shape index (κ1) is 18.9. The SMILES string of the molecule is CC=CC(=O)N1CCC(CNc2ncnc(N)c2-c2ccc(C)cc2)CC1. The number of nitrogens with zero attached hydrogens (tertiary/aromatic N) is 3. The number of hydrogen-bond acceptors (Lipinski definition) is 5. The van der Waals surface area contributed by atoms with E-state index in [2.05, 4.69) is 34.3 Å². The van der Waals surface area contributed by atoms with E-state index in [4.69, 9.17) is 5.73 Å². The van der Waals surface area contributed by atoms with E-state index in [1.165, 1.54) is 11.9 Å². The Bertz CT molecular complexity index is 808. The van der Waals surface area contributed by atoms with Crippen LogP contribution in [0.25, 0.3) is 11.1 Å². The summed E-state index contributed by atoms with van der Waals surface area (Å²) in [4.78, 5) is 22.4. The first-order valence-electron chi connectivity index (χ1n) is 9.41. The number of rotatable bonds is 5. The van der Waals surface area contributed by atoms with Crippen LogP contribution in [-0.4, -0.2) is 40.4 Å². The van der Waals surface area contributed by atoms with Crippen LogP contribution in [0.1, 0.15) is 25.3 Å². The normalized spacial score (nSPS) is 15.3. The molecule has 0 saturated carbocycles. The Balaban J connectivity index is 1.65. The van der Waals surface area contributed by atoms with Gasteiger partial charge in [0.05, 0.1) is 5.56 Å². The predicted octanol–water partition coefficient (Wildman–Crippen LogP) is 3.26. The number of likely N-dealkylation sites (tertiary alicyclic amines) is 1. The van der Waals surface area contributed by atoms with E-state index in [-0.39, 0.29) is 5.91 Å². The van der Waals surface area contributed by atoms with Gasteiger partial charge in [-0.2, -0.15) is 0 Å². The van der Waals surface area contributed by atoms with Crippen LogP contribution in [0.3, 0.4) is 0 Å². The molecule has 142 valence electrons. The van der Waals surface area contributed by atoms with Crippen molar-refractivity contribution in [3.05, 3.63) is 48.3 Å². The summed E-state index contributed by atoms with van der Waals surface area (Å²) in [5.74, 6) is 1.85. The molecule has 0 atom stereocenters. The molecule has 3 N–H and O–H groups in total. The largest absolute Gasteiger partial charge is 0.383 e. The van der Waals surface area contributed by atoms with E-state index in [9.17, 15) is 4.79 Å². The van der Waals surface area contributed by atoms with E-state index in [1.807, 2.05) is 24.0 Å². The third-order valence-corrected chi connectivity index (χ3v) is 5.01. The number of allylic oxidation sites excluding steroid dienone is 1. The molecule has 1 amide bonds. The molecule has 0 spiro atoms. The molecule has 2 heterocycles. The molecule has 0 aliphatic carbocycles. The summed E-state index contributed by atoms with van der Waals surface area (Å²) in [5.41, 5.74) is 9.19. The smallest absolute Gasteiger partial charge is 0.246 e. The van der Waals surface area contributed by atoms with Gasteiger partial charge < -0.3 is 16.0 Å². The zero-order valence-corrected chi connectivity index (χ0v) is 16.0. The predicted molar refractivity (Wildman–Crippen MR) is 109 cm³/mol. The van der Waals surface area contributed by atoms with Crippen LogP contribution in [0.4, 0.5) is 11.6 Å². The second kappa shape index (κ2) is 8.66. The minimum Gasteiger partial charge on any atom is -0.383 e. The van der Waals surface area contributed by atoms with Crippen LogP contribution in [0.5, 0.6) is 0 Å². The zero-order chi connectivity index (χ0) is 19.2. The van der Waals surface area contributed by atoms with Crippen molar-refractivity contribution in [1.29, 1.82) is 0 Å². The number of hydrogen-bond donors (Lipinski definition) is 2. The molecule has 1 saturated heterocycles. The van der Waals surface area contributed by atoms with Crippen LogP contribution in [0, 0.1) is 12.8 Å². The highest BCUT2D eigenvalue weighted by molar-refractivity contribution is 5.87. The Morgan fingerprint density at radius 3 is 2.63 bits per heavy atom. The van der Waals surface area contributed by atoms with Crippen molar-refractivity contribution in [1.82, 2.24) is 14.9 Å². The summed E-state index contributed by atoms with van der Waals surface area (Å²) in [5, 5.41) is 3.46. The number of aromatic nitrogens is 2. The van der Waals surface area contributed by atoms with Gasteiger partial charge in [0.2, 0.25) is 5.91 Å². The molecule has 0 radical (unpaired) electrons. The van der Waals surface area contributed by atoms with E-state index < -0.39 is 0 Å². The van der Waals surface area contributed by atoms with Crippen molar-refractivity contribution >= 4 is 17.5 Å². The molecule has 3 rings (SSSR count). The Labute approximate surface area is 160 Å². The van der Waals surface area contributed by atoms with Crippen molar-refractivity contribution < 1.29 is 4.79 Å². The van der Waals surface area contributed by atoms with Gasteiger partial charge in [0.25, 0.3) is 0 Å². The number of aryl methyl sites for hydroxylation is 1. The maximum absolute atomic E-state index is 11.9. The van der Waals surface area contributed by atoms with E-state index in [0.717, 1.165) is 49.4 Å². The molecule has 1 fully saturated rings. The monoisotopic (exact) mass is 365 g/mol. The quantitative estimate of drug-likeness (QED) is 0.795. The molecule has 0 bridgehead atoms. The molecule has 1 aromatic heterocycles. The second-order valence-electron chi connectivity index (χ2n) is 7.00. The highest BCUT2D eigenvalue weighted by atomic mass is 16.2. The number of carbonyl (C=O) groups is 1. The van der Waals surface area contributed by atoms with E-state index in [0.29, 0.717) is 11.7 Å².